The molecule has 3 saturated heterocycles. The number of hydrogen-bond acceptors (Lipinski definition) is 13. The van der Waals surface area contributed by atoms with Crippen LogP contribution in [0.4, 0.5) is 11.5 Å². The van der Waals surface area contributed by atoms with Gasteiger partial charge in [-0.1, -0.05) is 57.2 Å². The van der Waals surface area contributed by atoms with Gasteiger partial charge in [-0.2, -0.15) is 0 Å². The van der Waals surface area contributed by atoms with E-state index in [-0.39, 0.29) is 54.4 Å². The number of phenolic OH excluding ortho intramolecular Hbond substituents is 1. The van der Waals surface area contributed by atoms with Gasteiger partial charge in [0, 0.05) is 57.8 Å². The van der Waals surface area contributed by atoms with Gasteiger partial charge in [-0.3, -0.25) is 19.3 Å². The average molecular weight is 851 g/mol. The number of β-amino-alcohol motifs (C(OH)–C–C–N with tert-alkyl or cyclic N) is 1. The number of piperazine rings is 1. The Kier molecular flexibility index (Phi) is 12.3. The maximum absolute atomic E-state index is 14.2. The van der Waals surface area contributed by atoms with E-state index >= 15 is 0 Å². The Labute approximate surface area is 361 Å². The van der Waals surface area contributed by atoms with E-state index in [9.17, 15) is 24.6 Å². The number of carbonyl (C=O) groups excluding carboxylic acids is 3. The monoisotopic (exact) mass is 850 g/mol. The summed E-state index contributed by atoms with van der Waals surface area (Å²) in [6.07, 6.45) is 0.274. The first-order valence-electron chi connectivity index (χ1n) is 21.4. The molecular weight excluding hydrogens is 793 g/mol. The summed E-state index contributed by atoms with van der Waals surface area (Å²) in [6, 6.07) is 15.5. The van der Waals surface area contributed by atoms with Gasteiger partial charge in [0.1, 0.15) is 17.8 Å². The molecule has 5 N–H and O–H groups in total. The molecule has 5 atom stereocenters. The minimum absolute atomic E-state index is 0.0305. The summed E-state index contributed by atoms with van der Waals surface area (Å²) < 4.78 is 0. The summed E-state index contributed by atoms with van der Waals surface area (Å²) in [5, 5.41) is 39.5. The van der Waals surface area contributed by atoms with Gasteiger partial charge in [-0.05, 0) is 68.1 Å². The van der Waals surface area contributed by atoms with Gasteiger partial charge in [0.25, 0.3) is 0 Å². The van der Waals surface area contributed by atoms with E-state index in [0.717, 1.165) is 78.9 Å². The Bertz CT molecular complexity index is 2220. The number of para-hydroxylation sites is 1. The van der Waals surface area contributed by atoms with E-state index in [2.05, 4.69) is 45.8 Å². The van der Waals surface area contributed by atoms with Gasteiger partial charge in [-0.15, -0.1) is 21.5 Å². The molecule has 6 heterocycles. The number of aliphatic hydroxyl groups is 1. The van der Waals surface area contributed by atoms with Crippen LogP contribution in [0.1, 0.15) is 57.8 Å². The number of carbonyl (C=O) groups is 3. The third-order valence-electron chi connectivity index (χ3n) is 12.7. The number of likely N-dealkylation sites (tertiary alicyclic amines) is 2. The van der Waals surface area contributed by atoms with Crippen molar-refractivity contribution in [2.45, 2.75) is 77.7 Å². The molecule has 8 rings (SSSR count). The largest absolute Gasteiger partial charge is 0.507 e. The molecule has 0 aliphatic carbocycles. The van der Waals surface area contributed by atoms with Crippen molar-refractivity contribution < 1.29 is 24.6 Å². The zero-order valence-corrected chi connectivity index (χ0v) is 36.5. The normalized spacial score (nSPS) is 21.8. The summed E-state index contributed by atoms with van der Waals surface area (Å²) in [5.41, 5.74) is 6.49. The van der Waals surface area contributed by atoms with Crippen LogP contribution in [0.25, 0.3) is 21.7 Å². The first kappa shape index (κ1) is 42.5. The molecule has 3 fully saturated rings. The molecule has 61 heavy (non-hydrogen) atoms. The second-order valence-corrected chi connectivity index (χ2v) is 19.0. The number of thiazole rings is 1. The van der Waals surface area contributed by atoms with Gasteiger partial charge in [0.15, 0.2) is 5.82 Å². The van der Waals surface area contributed by atoms with Gasteiger partial charge in [0.2, 0.25) is 17.7 Å². The van der Waals surface area contributed by atoms with Gasteiger partial charge in [-0.25, -0.2) is 4.98 Å². The predicted molar refractivity (Wildman–Crippen MR) is 236 cm³/mol. The van der Waals surface area contributed by atoms with Crippen molar-refractivity contribution in [1.82, 2.24) is 40.5 Å². The number of aromatic nitrogens is 3. The lowest BCUT2D eigenvalue weighted by Gasteiger charge is -2.46. The average Bonchev–Trinajstić information content (AvgIpc) is 3.85. The standard InChI is InChI=1S/C45H58N10O5S/c1-27(29-11-13-30(14-12-29)39-28(2)47-26-61-39)48-43(59)37-19-33(56)25-55(37)44(60)40(45(3,4)5)49-42(58)31-22-53(23-31)16-8-15-52-17-18-54-32(24-52)21-46-41-36(54)20-35(50-51-41)34-9-6-7-10-38(34)57/h6-7,9-14,20,26-27,31-33,37,40,56-57H,8,15-19,21-25H2,1-5H3,(H,46,51)(H,48,59)(H,49,58)/t27?,32?,33-,37+,40?/m1/s1. The van der Waals surface area contributed by atoms with Crippen LogP contribution < -0.4 is 20.9 Å². The SMILES string of the molecule is Cc1ncsc1-c1ccc(C(C)NC(=O)[C@@H]2C[C@@H](O)CN2C(=O)C(NC(=O)C2CN(CCCN3CCN4c5cc(-c6ccccc6O)nnc5NCC4C3)C2)C(C)(C)C)cc1. The fourth-order valence-electron chi connectivity index (χ4n) is 9.09. The first-order valence-corrected chi connectivity index (χ1v) is 22.3. The molecule has 0 spiro atoms. The van der Waals surface area contributed by atoms with Crippen LogP contribution in [0.2, 0.25) is 0 Å². The molecule has 3 unspecified atom stereocenters. The Morgan fingerprint density at radius 1 is 0.951 bits per heavy atom. The molecule has 0 bridgehead atoms. The number of fused-ring (bicyclic) bond motifs is 3. The number of rotatable bonds is 12. The molecule has 15 nitrogen and oxygen atoms in total. The Hall–Kier alpha value is -5.16. The van der Waals surface area contributed by atoms with Crippen LogP contribution in [0.5, 0.6) is 5.75 Å². The van der Waals surface area contributed by atoms with Crippen molar-refractivity contribution in [3.05, 3.63) is 71.4 Å². The van der Waals surface area contributed by atoms with Crippen LogP contribution in [0.15, 0.2) is 60.1 Å². The predicted octanol–water partition coefficient (Wildman–Crippen LogP) is 3.89. The second-order valence-electron chi connectivity index (χ2n) is 18.1. The third-order valence-corrected chi connectivity index (χ3v) is 13.6. The maximum atomic E-state index is 14.2. The smallest absolute Gasteiger partial charge is 0.246 e. The molecule has 4 aliphatic rings. The summed E-state index contributed by atoms with van der Waals surface area (Å²) in [5.74, 6) is -0.117. The van der Waals surface area contributed by atoms with Crippen molar-refractivity contribution in [3.63, 3.8) is 0 Å². The molecule has 3 amide bonds. The number of nitrogens with one attached hydrogen (secondary N) is 3. The van der Waals surface area contributed by atoms with Crippen molar-refractivity contribution in [2.24, 2.45) is 11.3 Å². The molecular formula is C45H58N10O5S. The number of benzene rings is 2. The highest BCUT2D eigenvalue weighted by Crippen LogP contribution is 2.36. The molecule has 0 radical (unpaired) electrons. The van der Waals surface area contributed by atoms with Gasteiger partial charge in [0.05, 0.1) is 51.6 Å². The fourth-order valence-corrected chi connectivity index (χ4v) is 9.90. The summed E-state index contributed by atoms with van der Waals surface area (Å²) in [7, 11) is 0. The van der Waals surface area contributed by atoms with Crippen LogP contribution in [-0.2, 0) is 14.4 Å². The molecule has 4 aromatic rings. The number of hydrogen-bond donors (Lipinski definition) is 5. The molecule has 2 aromatic heterocycles. The number of phenols is 1. The number of amides is 3. The van der Waals surface area contributed by atoms with E-state index in [1.54, 1.807) is 23.5 Å². The number of aromatic hydroxyl groups is 1. The summed E-state index contributed by atoms with van der Waals surface area (Å²) >= 11 is 1.59. The van der Waals surface area contributed by atoms with Gasteiger partial charge < -0.3 is 40.9 Å². The molecule has 4 aliphatic heterocycles. The number of aryl methyl sites for hydroxylation is 1. The lowest BCUT2D eigenvalue weighted by Crippen LogP contribution is -2.61. The Balaban J connectivity index is 0.797. The second kappa shape index (κ2) is 17.7. The highest BCUT2D eigenvalue weighted by Gasteiger charge is 2.46. The van der Waals surface area contributed by atoms with Crippen LogP contribution >= 0.6 is 11.3 Å². The van der Waals surface area contributed by atoms with Crippen LogP contribution in [0, 0.1) is 18.3 Å². The van der Waals surface area contributed by atoms with Gasteiger partial charge >= 0.3 is 0 Å². The van der Waals surface area contributed by atoms with Crippen molar-refractivity contribution in [3.8, 4) is 27.4 Å². The van der Waals surface area contributed by atoms with Crippen molar-refractivity contribution in [1.29, 1.82) is 0 Å². The third kappa shape index (κ3) is 9.22. The highest BCUT2D eigenvalue weighted by molar-refractivity contribution is 7.13. The number of aliphatic hydroxyl groups excluding tert-OH is 1. The Morgan fingerprint density at radius 2 is 1.70 bits per heavy atom. The van der Waals surface area contributed by atoms with Crippen LogP contribution in [-0.4, -0.2) is 141 Å². The molecule has 2 aromatic carbocycles. The lowest BCUT2D eigenvalue weighted by molar-refractivity contribution is -0.145. The minimum Gasteiger partial charge on any atom is -0.507 e. The van der Waals surface area contributed by atoms with Crippen molar-refractivity contribution in [2.75, 3.05) is 69.1 Å². The maximum Gasteiger partial charge on any atom is 0.246 e. The van der Waals surface area contributed by atoms with Crippen molar-refractivity contribution >= 4 is 40.6 Å². The zero-order chi connectivity index (χ0) is 43.0. The molecule has 324 valence electrons. The minimum atomic E-state index is -0.862. The number of anilines is 2. The summed E-state index contributed by atoms with van der Waals surface area (Å²) in [6.45, 7) is 16.2. The van der Waals surface area contributed by atoms with E-state index < -0.39 is 23.6 Å². The van der Waals surface area contributed by atoms with E-state index in [0.29, 0.717) is 24.3 Å². The molecule has 16 heteroatoms. The van der Waals surface area contributed by atoms with E-state index in [4.69, 9.17) is 0 Å². The topological polar surface area (TPSA) is 179 Å². The quantitative estimate of drug-likeness (QED) is 0.139. The van der Waals surface area contributed by atoms with E-state index in [1.165, 1.54) is 4.90 Å². The first-order chi connectivity index (χ1) is 29.2. The number of nitrogens with zero attached hydrogens (tertiary/aromatic N) is 7. The lowest BCUT2D eigenvalue weighted by atomic mass is 9.84. The zero-order valence-electron chi connectivity index (χ0n) is 35.7. The Morgan fingerprint density at radius 3 is 2.43 bits per heavy atom. The van der Waals surface area contributed by atoms with Crippen LogP contribution in [0.3, 0.4) is 0 Å². The summed E-state index contributed by atoms with van der Waals surface area (Å²) in [4.78, 5) is 55.7. The highest BCUT2D eigenvalue weighted by atomic mass is 32.1. The van der Waals surface area contributed by atoms with E-state index in [1.807, 2.05) is 82.6 Å². The molecule has 0 saturated carbocycles. The fraction of sp³-hybridized carbons (Fsp3) is 0.511.